The summed E-state index contributed by atoms with van der Waals surface area (Å²) in [6.07, 6.45) is 0. The summed E-state index contributed by atoms with van der Waals surface area (Å²) in [7, 11) is 0. The number of amides is 1. The molecule has 0 saturated heterocycles. The molecule has 2 aromatic carbocycles. The Bertz CT molecular complexity index is 601. The van der Waals surface area contributed by atoms with Crippen LogP contribution in [0, 0.1) is 5.82 Å². The largest absolute Gasteiger partial charge is 0.324 e. The van der Waals surface area contributed by atoms with E-state index in [-0.39, 0.29) is 10.7 Å². The second-order valence-electron chi connectivity index (χ2n) is 3.78. The van der Waals surface area contributed by atoms with Gasteiger partial charge in [0.15, 0.2) is 5.82 Å². The molecule has 19 heavy (non-hydrogen) atoms. The lowest BCUT2D eigenvalue weighted by Gasteiger charge is -2.07. The molecule has 0 spiro atoms. The highest BCUT2D eigenvalue weighted by Gasteiger charge is 2.11. The van der Waals surface area contributed by atoms with Gasteiger partial charge in [-0.15, -0.1) is 0 Å². The van der Waals surface area contributed by atoms with Crippen LogP contribution in [0.5, 0.6) is 0 Å². The normalized spacial score (nSPS) is 10.1. The number of hydrogen-bond donors (Lipinski definition) is 3. The van der Waals surface area contributed by atoms with E-state index in [1.807, 2.05) is 0 Å². The van der Waals surface area contributed by atoms with Crippen molar-refractivity contribution in [2.45, 2.75) is 0 Å². The van der Waals surface area contributed by atoms with Crippen molar-refractivity contribution in [1.29, 1.82) is 0 Å². The first-order valence-corrected chi connectivity index (χ1v) is 5.81. The van der Waals surface area contributed by atoms with E-state index in [4.69, 9.17) is 17.4 Å². The van der Waals surface area contributed by atoms with Crippen LogP contribution in [0.3, 0.4) is 0 Å². The van der Waals surface area contributed by atoms with E-state index in [1.54, 1.807) is 30.3 Å². The predicted molar refractivity (Wildman–Crippen MR) is 73.6 cm³/mol. The predicted octanol–water partition coefficient (Wildman–Crippen LogP) is 3.02. The summed E-state index contributed by atoms with van der Waals surface area (Å²) < 4.78 is 13.6. The third-order valence-corrected chi connectivity index (χ3v) is 2.81. The Morgan fingerprint density at radius 3 is 2.47 bits per heavy atom. The number of halogens is 2. The average Bonchev–Trinajstić information content (AvgIpc) is 2.44. The number of carbonyl (C=O) groups excluding carboxylic acids is 1. The van der Waals surface area contributed by atoms with Crippen molar-refractivity contribution >= 4 is 28.9 Å². The van der Waals surface area contributed by atoms with Gasteiger partial charge in [0, 0.05) is 11.3 Å². The fraction of sp³-hybridized carbons (Fsp3) is 0. The summed E-state index contributed by atoms with van der Waals surface area (Å²) in [5.74, 6) is 4.14. The van der Waals surface area contributed by atoms with Gasteiger partial charge in [0.2, 0.25) is 0 Å². The highest BCUT2D eigenvalue weighted by molar-refractivity contribution is 6.31. The molecule has 0 fully saturated rings. The van der Waals surface area contributed by atoms with Crippen molar-refractivity contribution in [2.75, 3.05) is 10.7 Å². The molecule has 4 N–H and O–H groups in total. The van der Waals surface area contributed by atoms with Crippen molar-refractivity contribution < 1.29 is 9.18 Å². The highest BCUT2D eigenvalue weighted by Crippen LogP contribution is 2.22. The first-order valence-electron chi connectivity index (χ1n) is 5.44. The minimum absolute atomic E-state index is 0.0403. The van der Waals surface area contributed by atoms with Crippen LogP contribution in [0.15, 0.2) is 42.5 Å². The van der Waals surface area contributed by atoms with Gasteiger partial charge in [0.25, 0.3) is 5.91 Å². The minimum Gasteiger partial charge on any atom is -0.324 e. The van der Waals surface area contributed by atoms with Gasteiger partial charge in [-0.3, -0.25) is 10.6 Å². The van der Waals surface area contributed by atoms with Crippen molar-refractivity contribution in [2.24, 2.45) is 5.84 Å². The molecule has 1 amide bonds. The lowest BCUT2D eigenvalue weighted by Crippen LogP contribution is -2.13. The van der Waals surface area contributed by atoms with Gasteiger partial charge in [-0.05, 0) is 36.4 Å². The van der Waals surface area contributed by atoms with Crippen molar-refractivity contribution in [1.82, 2.24) is 0 Å². The maximum Gasteiger partial charge on any atom is 0.255 e. The zero-order valence-corrected chi connectivity index (χ0v) is 10.5. The number of nitrogens with two attached hydrogens (primary N) is 1. The van der Waals surface area contributed by atoms with Crippen LogP contribution in [0.1, 0.15) is 10.4 Å². The Hall–Kier alpha value is -2.11. The lowest BCUT2D eigenvalue weighted by atomic mass is 10.2. The zero-order valence-electron chi connectivity index (χ0n) is 9.78. The number of nitrogen functional groups attached to an aromatic ring is 1. The molecule has 0 aliphatic rings. The van der Waals surface area contributed by atoms with Crippen LogP contribution in [-0.2, 0) is 0 Å². The molecular weight excluding hydrogens is 269 g/mol. The Balaban J connectivity index is 2.18. The SMILES string of the molecule is NNc1ccc(C(=O)Nc2cccc(Cl)c2F)cc1. The molecule has 0 saturated carbocycles. The topological polar surface area (TPSA) is 67.1 Å². The van der Waals surface area contributed by atoms with Gasteiger partial charge in [0.1, 0.15) is 0 Å². The molecule has 0 radical (unpaired) electrons. The quantitative estimate of drug-likeness (QED) is 0.598. The lowest BCUT2D eigenvalue weighted by molar-refractivity contribution is 0.102. The van der Waals surface area contributed by atoms with Crippen molar-refractivity contribution in [3.8, 4) is 0 Å². The van der Waals surface area contributed by atoms with Gasteiger partial charge in [-0.2, -0.15) is 0 Å². The maximum atomic E-state index is 13.6. The van der Waals surface area contributed by atoms with Crippen LogP contribution in [-0.4, -0.2) is 5.91 Å². The first kappa shape index (κ1) is 13.3. The summed E-state index contributed by atoms with van der Waals surface area (Å²) in [6.45, 7) is 0. The summed E-state index contributed by atoms with van der Waals surface area (Å²) in [6, 6.07) is 10.8. The number of hydrogen-bond acceptors (Lipinski definition) is 3. The molecule has 0 aromatic heterocycles. The number of nitrogens with one attached hydrogen (secondary N) is 2. The van der Waals surface area contributed by atoms with Gasteiger partial charge in [0.05, 0.1) is 10.7 Å². The van der Waals surface area contributed by atoms with Gasteiger partial charge < -0.3 is 10.7 Å². The molecule has 0 aliphatic heterocycles. The summed E-state index contributed by atoms with van der Waals surface area (Å²) >= 11 is 5.63. The Morgan fingerprint density at radius 1 is 1.16 bits per heavy atom. The minimum atomic E-state index is -0.655. The number of carbonyl (C=O) groups is 1. The second-order valence-corrected chi connectivity index (χ2v) is 4.18. The van der Waals surface area contributed by atoms with E-state index in [1.165, 1.54) is 12.1 Å². The van der Waals surface area contributed by atoms with Gasteiger partial charge in [-0.1, -0.05) is 17.7 Å². The van der Waals surface area contributed by atoms with Gasteiger partial charge in [-0.25, -0.2) is 4.39 Å². The molecule has 0 atom stereocenters. The smallest absolute Gasteiger partial charge is 0.255 e. The molecule has 0 aliphatic carbocycles. The Morgan fingerprint density at radius 2 is 1.84 bits per heavy atom. The molecular formula is C13H11ClFN3O. The third-order valence-electron chi connectivity index (χ3n) is 2.51. The number of hydrazine groups is 1. The van der Waals surface area contributed by atoms with Gasteiger partial charge >= 0.3 is 0 Å². The monoisotopic (exact) mass is 279 g/mol. The van der Waals surface area contributed by atoms with E-state index < -0.39 is 11.7 Å². The average molecular weight is 280 g/mol. The van der Waals surface area contributed by atoms with Crippen molar-refractivity contribution in [3.05, 3.63) is 58.9 Å². The van der Waals surface area contributed by atoms with Crippen LogP contribution in [0.25, 0.3) is 0 Å². The molecule has 0 heterocycles. The number of benzene rings is 2. The van der Waals surface area contributed by atoms with E-state index in [0.29, 0.717) is 11.3 Å². The maximum absolute atomic E-state index is 13.6. The fourth-order valence-electron chi connectivity index (χ4n) is 1.51. The summed E-state index contributed by atoms with van der Waals surface area (Å²) in [5, 5.41) is 2.41. The highest BCUT2D eigenvalue weighted by atomic mass is 35.5. The van der Waals surface area contributed by atoms with Crippen LogP contribution >= 0.6 is 11.6 Å². The Labute approximate surface area is 114 Å². The summed E-state index contributed by atoms with van der Waals surface area (Å²) in [4.78, 5) is 11.9. The van der Waals surface area contributed by atoms with E-state index in [0.717, 1.165) is 0 Å². The van der Waals surface area contributed by atoms with Crippen LogP contribution in [0.4, 0.5) is 15.8 Å². The molecule has 6 heteroatoms. The number of anilines is 2. The van der Waals surface area contributed by atoms with E-state index in [9.17, 15) is 9.18 Å². The van der Waals surface area contributed by atoms with E-state index in [2.05, 4.69) is 10.7 Å². The standard InChI is InChI=1S/C13H11ClFN3O/c14-10-2-1-3-11(12(10)15)17-13(19)8-4-6-9(18-16)7-5-8/h1-7,18H,16H2,(H,17,19). The molecule has 0 bridgehead atoms. The Kier molecular flexibility index (Phi) is 3.99. The molecule has 98 valence electrons. The fourth-order valence-corrected chi connectivity index (χ4v) is 1.69. The third kappa shape index (κ3) is 3.01. The van der Waals surface area contributed by atoms with Crippen LogP contribution < -0.4 is 16.6 Å². The van der Waals surface area contributed by atoms with Crippen LogP contribution in [0.2, 0.25) is 5.02 Å². The molecule has 0 unspecified atom stereocenters. The van der Waals surface area contributed by atoms with Crippen molar-refractivity contribution in [3.63, 3.8) is 0 Å². The first-order chi connectivity index (χ1) is 9.11. The molecule has 2 aromatic rings. The van der Waals surface area contributed by atoms with E-state index >= 15 is 0 Å². The second kappa shape index (κ2) is 5.69. The molecule has 2 rings (SSSR count). The zero-order chi connectivity index (χ0) is 13.8. The molecule has 4 nitrogen and oxygen atoms in total. The summed E-state index contributed by atoms with van der Waals surface area (Å²) in [5.41, 5.74) is 3.55. The number of rotatable bonds is 3.